The number of hydrogen-bond acceptors (Lipinski definition) is 2. The molecule has 0 aromatic rings. The van der Waals surface area contributed by atoms with Crippen LogP contribution < -0.4 is 0 Å². The molecule has 3 nitrogen and oxygen atoms in total. The van der Waals surface area contributed by atoms with Crippen LogP contribution in [0.5, 0.6) is 0 Å². The first kappa shape index (κ1) is 12.4. The molecule has 0 aliphatic carbocycles. The summed E-state index contributed by atoms with van der Waals surface area (Å²) in [6, 6.07) is 0. The van der Waals surface area contributed by atoms with Gasteiger partial charge in [-0.1, -0.05) is 20.3 Å². The Balaban J connectivity index is 4.12. The third kappa shape index (κ3) is 4.27. The second-order valence-corrected chi connectivity index (χ2v) is 4.26. The third-order valence-corrected chi connectivity index (χ3v) is 2.15. The summed E-state index contributed by atoms with van der Waals surface area (Å²) >= 11 is 0. The summed E-state index contributed by atoms with van der Waals surface area (Å²) < 4.78 is 0. The lowest BCUT2D eigenvalue weighted by Gasteiger charge is -2.26. The summed E-state index contributed by atoms with van der Waals surface area (Å²) in [6.45, 7) is 7.92. The van der Waals surface area contributed by atoms with Crippen LogP contribution >= 0.6 is 0 Å². The van der Waals surface area contributed by atoms with Gasteiger partial charge in [-0.25, -0.2) is 0 Å². The van der Waals surface area contributed by atoms with Crippen LogP contribution in [0.2, 0.25) is 0 Å². The molecule has 0 rings (SSSR count). The molecule has 0 saturated carbocycles. The molecular formula is C10H21NO2. The van der Waals surface area contributed by atoms with Crippen molar-refractivity contribution in [2.75, 3.05) is 13.6 Å². The second kappa shape index (κ2) is 4.61. The Hall–Kier alpha value is -0.570. The predicted octanol–water partition coefficient (Wildman–Crippen LogP) is 1.26. The quantitative estimate of drug-likeness (QED) is 0.720. The topological polar surface area (TPSA) is 40.5 Å². The van der Waals surface area contributed by atoms with Crippen LogP contribution in [-0.2, 0) is 4.79 Å². The van der Waals surface area contributed by atoms with E-state index in [1.807, 2.05) is 0 Å². The van der Waals surface area contributed by atoms with Crippen molar-refractivity contribution < 1.29 is 9.90 Å². The van der Waals surface area contributed by atoms with Gasteiger partial charge in [0.05, 0.1) is 0 Å². The molecule has 0 radical (unpaired) electrons. The van der Waals surface area contributed by atoms with Gasteiger partial charge in [-0.2, -0.15) is 0 Å². The Morgan fingerprint density at radius 1 is 1.54 bits per heavy atom. The van der Waals surface area contributed by atoms with Crippen LogP contribution in [0, 0.1) is 5.92 Å². The fourth-order valence-corrected chi connectivity index (χ4v) is 1.15. The minimum absolute atomic E-state index is 0.215. The summed E-state index contributed by atoms with van der Waals surface area (Å²) in [4.78, 5) is 13.1. The van der Waals surface area contributed by atoms with Gasteiger partial charge >= 0.3 is 0 Å². The van der Waals surface area contributed by atoms with E-state index in [2.05, 4.69) is 13.8 Å². The molecule has 0 aromatic carbocycles. The minimum Gasteiger partial charge on any atom is -0.381 e. The average Bonchev–Trinajstić information content (AvgIpc) is 2.01. The Kier molecular flexibility index (Phi) is 4.40. The fourth-order valence-electron chi connectivity index (χ4n) is 1.15. The largest absolute Gasteiger partial charge is 0.381 e. The van der Waals surface area contributed by atoms with Crippen LogP contribution in [0.4, 0.5) is 0 Å². The van der Waals surface area contributed by atoms with E-state index < -0.39 is 5.60 Å². The molecule has 1 unspecified atom stereocenters. The molecule has 1 amide bonds. The van der Waals surface area contributed by atoms with Crippen LogP contribution in [0.3, 0.4) is 0 Å². The van der Waals surface area contributed by atoms with Crippen molar-refractivity contribution in [3.8, 4) is 0 Å². The molecule has 1 N–H and O–H groups in total. The molecule has 78 valence electrons. The number of likely N-dealkylation sites (N-methyl/N-ethyl adjacent to an activating group) is 1. The van der Waals surface area contributed by atoms with Gasteiger partial charge in [-0.3, -0.25) is 4.79 Å². The number of carbonyl (C=O) groups is 1. The average molecular weight is 187 g/mol. The summed E-state index contributed by atoms with van der Waals surface area (Å²) in [7, 11) is 1.73. The molecule has 0 heterocycles. The zero-order chi connectivity index (χ0) is 10.6. The summed E-state index contributed by atoms with van der Waals surface area (Å²) in [6.07, 6.45) is 1.05. The number of nitrogens with zero attached hydrogens (tertiary/aromatic N) is 1. The molecule has 0 bridgehead atoms. The summed E-state index contributed by atoms with van der Waals surface area (Å²) in [5, 5.41) is 9.45. The summed E-state index contributed by atoms with van der Waals surface area (Å²) in [5.74, 6) is 0.268. The Bertz CT molecular complexity index is 172. The number of rotatable bonds is 4. The van der Waals surface area contributed by atoms with E-state index in [9.17, 15) is 9.90 Å². The van der Waals surface area contributed by atoms with Crippen LogP contribution in [0.25, 0.3) is 0 Å². The lowest BCUT2D eigenvalue weighted by Crippen LogP contribution is -2.44. The zero-order valence-corrected chi connectivity index (χ0v) is 9.29. The van der Waals surface area contributed by atoms with Gasteiger partial charge in [0.25, 0.3) is 5.91 Å². The molecule has 3 heteroatoms. The van der Waals surface area contributed by atoms with Crippen molar-refractivity contribution in [2.45, 2.75) is 39.7 Å². The SMILES string of the molecule is CCC(C)CN(C)C(=O)C(C)(C)O. The van der Waals surface area contributed by atoms with Gasteiger partial charge in [0.2, 0.25) is 0 Å². The second-order valence-electron chi connectivity index (χ2n) is 4.26. The normalized spacial score (nSPS) is 14.0. The van der Waals surface area contributed by atoms with E-state index in [4.69, 9.17) is 0 Å². The lowest BCUT2D eigenvalue weighted by atomic mass is 10.1. The third-order valence-electron chi connectivity index (χ3n) is 2.15. The Morgan fingerprint density at radius 2 is 2.00 bits per heavy atom. The van der Waals surface area contributed by atoms with Crippen LogP contribution in [0.15, 0.2) is 0 Å². The maximum Gasteiger partial charge on any atom is 0.253 e. The van der Waals surface area contributed by atoms with Crippen molar-refractivity contribution in [2.24, 2.45) is 5.92 Å². The standard InChI is InChI=1S/C10H21NO2/c1-6-8(2)7-11(5)9(12)10(3,4)13/h8,13H,6-7H2,1-5H3. The monoisotopic (exact) mass is 187 g/mol. The molecule has 13 heavy (non-hydrogen) atoms. The Morgan fingerprint density at radius 3 is 2.31 bits per heavy atom. The van der Waals surface area contributed by atoms with Crippen molar-refractivity contribution in [3.63, 3.8) is 0 Å². The van der Waals surface area contributed by atoms with E-state index >= 15 is 0 Å². The first-order chi connectivity index (χ1) is 5.79. The molecule has 0 aliphatic rings. The van der Waals surface area contributed by atoms with Gasteiger partial charge in [0.15, 0.2) is 0 Å². The van der Waals surface area contributed by atoms with Crippen molar-refractivity contribution in [1.82, 2.24) is 4.90 Å². The van der Waals surface area contributed by atoms with Crippen molar-refractivity contribution >= 4 is 5.91 Å². The van der Waals surface area contributed by atoms with Gasteiger partial charge in [-0.05, 0) is 19.8 Å². The maximum atomic E-state index is 11.5. The molecule has 0 fully saturated rings. The van der Waals surface area contributed by atoms with Gasteiger partial charge in [0.1, 0.15) is 5.60 Å². The number of aliphatic hydroxyl groups is 1. The van der Waals surface area contributed by atoms with Gasteiger partial charge < -0.3 is 10.0 Å². The molecular weight excluding hydrogens is 166 g/mol. The highest BCUT2D eigenvalue weighted by Gasteiger charge is 2.27. The number of amides is 1. The van der Waals surface area contributed by atoms with Crippen LogP contribution in [0.1, 0.15) is 34.1 Å². The number of hydrogen-bond donors (Lipinski definition) is 1. The molecule has 0 aliphatic heterocycles. The minimum atomic E-state index is -1.25. The van der Waals surface area contributed by atoms with Gasteiger partial charge in [-0.15, -0.1) is 0 Å². The first-order valence-electron chi connectivity index (χ1n) is 4.77. The molecule has 1 atom stereocenters. The van der Waals surface area contributed by atoms with E-state index in [0.29, 0.717) is 12.5 Å². The van der Waals surface area contributed by atoms with E-state index in [0.717, 1.165) is 6.42 Å². The predicted molar refractivity (Wildman–Crippen MR) is 53.4 cm³/mol. The highest BCUT2D eigenvalue weighted by molar-refractivity contribution is 5.83. The smallest absolute Gasteiger partial charge is 0.253 e. The molecule has 0 saturated heterocycles. The summed E-state index contributed by atoms with van der Waals surface area (Å²) in [5.41, 5.74) is -1.25. The van der Waals surface area contributed by atoms with E-state index in [1.54, 1.807) is 11.9 Å². The first-order valence-corrected chi connectivity index (χ1v) is 4.77. The highest BCUT2D eigenvalue weighted by atomic mass is 16.3. The molecule has 0 aromatic heterocycles. The van der Waals surface area contributed by atoms with Gasteiger partial charge in [0, 0.05) is 13.6 Å². The maximum absolute atomic E-state index is 11.5. The Labute approximate surface area is 80.7 Å². The number of carbonyl (C=O) groups excluding carboxylic acids is 1. The van der Waals surface area contributed by atoms with Crippen molar-refractivity contribution in [1.29, 1.82) is 0 Å². The highest BCUT2D eigenvalue weighted by Crippen LogP contribution is 2.09. The van der Waals surface area contributed by atoms with E-state index in [1.165, 1.54) is 13.8 Å². The molecule has 0 spiro atoms. The fraction of sp³-hybridized carbons (Fsp3) is 0.900. The van der Waals surface area contributed by atoms with Crippen molar-refractivity contribution in [3.05, 3.63) is 0 Å². The lowest BCUT2D eigenvalue weighted by molar-refractivity contribution is -0.146. The van der Waals surface area contributed by atoms with E-state index in [-0.39, 0.29) is 5.91 Å². The van der Waals surface area contributed by atoms with Crippen LogP contribution in [-0.4, -0.2) is 35.1 Å². The zero-order valence-electron chi connectivity index (χ0n) is 9.29.